The second-order valence-electron chi connectivity index (χ2n) is 5.84. The fourth-order valence-corrected chi connectivity index (χ4v) is 3.79. The quantitative estimate of drug-likeness (QED) is 0.895. The minimum Gasteiger partial charge on any atom is -0.322 e. The zero-order valence-corrected chi connectivity index (χ0v) is 14.3. The van der Waals surface area contributed by atoms with E-state index in [2.05, 4.69) is 16.1 Å². The Morgan fingerprint density at radius 1 is 1.04 bits per heavy atom. The van der Waals surface area contributed by atoms with Crippen LogP contribution >= 0.6 is 0 Å². The molecule has 2 aromatic rings. The van der Waals surface area contributed by atoms with Gasteiger partial charge in [0.15, 0.2) is 0 Å². The summed E-state index contributed by atoms with van der Waals surface area (Å²) in [5.74, 6) is -0.304. The van der Waals surface area contributed by atoms with Crippen LogP contribution in [-0.4, -0.2) is 21.4 Å². The van der Waals surface area contributed by atoms with E-state index in [0.717, 1.165) is 24.9 Å². The van der Waals surface area contributed by atoms with E-state index in [-0.39, 0.29) is 10.8 Å². The number of hydrogen-bond acceptors (Lipinski definition) is 3. The largest absolute Gasteiger partial charge is 0.322 e. The van der Waals surface area contributed by atoms with Crippen molar-refractivity contribution in [2.24, 2.45) is 0 Å². The third-order valence-electron chi connectivity index (χ3n) is 4.32. The molecule has 0 aliphatic heterocycles. The van der Waals surface area contributed by atoms with Crippen molar-refractivity contribution >= 4 is 21.6 Å². The Labute approximate surface area is 142 Å². The molecule has 2 aromatic carbocycles. The predicted molar refractivity (Wildman–Crippen MR) is 93.7 cm³/mol. The van der Waals surface area contributed by atoms with E-state index in [0.29, 0.717) is 5.56 Å². The van der Waals surface area contributed by atoms with Gasteiger partial charge >= 0.3 is 0 Å². The summed E-state index contributed by atoms with van der Waals surface area (Å²) in [6.45, 7) is 0. The molecule has 6 heteroatoms. The molecule has 1 aliphatic carbocycles. The van der Waals surface area contributed by atoms with E-state index in [1.807, 2.05) is 12.1 Å². The number of anilines is 1. The Balaban J connectivity index is 1.88. The number of amides is 1. The molecule has 0 unspecified atom stereocenters. The van der Waals surface area contributed by atoms with E-state index < -0.39 is 10.0 Å². The molecule has 126 valence electrons. The van der Waals surface area contributed by atoms with Gasteiger partial charge < -0.3 is 5.32 Å². The van der Waals surface area contributed by atoms with Gasteiger partial charge in [0.25, 0.3) is 5.91 Å². The number of aryl methyl sites for hydroxylation is 1. The van der Waals surface area contributed by atoms with Crippen molar-refractivity contribution in [3.63, 3.8) is 0 Å². The van der Waals surface area contributed by atoms with Crippen molar-refractivity contribution in [1.82, 2.24) is 4.72 Å². The van der Waals surface area contributed by atoms with Crippen LogP contribution in [0.3, 0.4) is 0 Å². The topological polar surface area (TPSA) is 75.3 Å². The molecular formula is C18H20N2O3S. The van der Waals surface area contributed by atoms with E-state index in [1.54, 1.807) is 12.1 Å². The molecule has 3 rings (SSSR count). The molecule has 0 spiro atoms. The maximum Gasteiger partial charge on any atom is 0.255 e. The molecule has 0 fully saturated rings. The second kappa shape index (κ2) is 6.75. The van der Waals surface area contributed by atoms with Crippen LogP contribution in [0.15, 0.2) is 47.4 Å². The fourth-order valence-electron chi connectivity index (χ4n) is 3.02. The first-order chi connectivity index (χ1) is 11.5. The van der Waals surface area contributed by atoms with Crippen LogP contribution in [0.2, 0.25) is 0 Å². The van der Waals surface area contributed by atoms with Crippen molar-refractivity contribution in [3.05, 3.63) is 59.2 Å². The highest BCUT2D eigenvalue weighted by molar-refractivity contribution is 7.89. The van der Waals surface area contributed by atoms with Gasteiger partial charge in [-0.2, -0.15) is 0 Å². The summed E-state index contributed by atoms with van der Waals surface area (Å²) in [6.07, 6.45) is 4.29. The number of fused-ring (bicyclic) bond motifs is 1. The zero-order valence-electron chi connectivity index (χ0n) is 13.5. The van der Waals surface area contributed by atoms with Crippen molar-refractivity contribution in [3.8, 4) is 0 Å². The number of sulfonamides is 1. The summed E-state index contributed by atoms with van der Waals surface area (Å²) in [4.78, 5) is 12.6. The standard InChI is InChI=1S/C18H20N2O3S/c1-19-24(22,23)15-9-4-8-14(12-15)18(21)20-17-11-5-7-13-6-2-3-10-16(13)17/h4-5,7-9,11-12,19H,2-3,6,10H2,1H3,(H,20,21). The average molecular weight is 344 g/mol. The number of rotatable bonds is 4. The molecule has 5 nitrogen and oxygen atoms in total. The van der Waals surface area contributed by atoms with E-state index in [1.165, 1.54) is 36.7 Å². The molecule has 1 amide bonds. The molecule has 0 bridgehead atoms. The lowest BCUT2D eigenvalue weighted by Crippen LogP contribution is -2.20. The van der Waals surface area contributed by atoms with Gasteiger partial charge in [0.2, 0.25) is 10.0 Å². The highest BCUT2D eigenvalue weighted by atomic mass is 32.2. The summed E-state index contributed by atoms with van der Waals surface area (Å²) in [6, 6.07) is 12.0. The maximum absolute atomic E-state index is 12.5. The summed E-state index contributed by atoms with van der Waals surface area (Å²) in [7, 11) is -2.23. The Kier molecular flexibility index (Phi) is 4.69. The first kappa shape index (κ1) is 16.7. The summed E-state index contributed by atoms with van der Waals surface area (Å²) >= 11 is 0. The summed E-state index contributed by atoms with van der Waals surface area (Å²) in [5, 5.41) is 2.93. The van der Waals surface area contributed by atoms with Crippen LogP contribution in [0, 0.1) is 0 Å². The smallest absolute Gasteiger partial charge is 0.255 e. The summed E-state index contributed by atoms with van der Waals surface area (Å²) in [5.41, 5.74) is 3.61. The molecule has 0 radical (unpaired) electrons. The van der Waals surface area contributed by atoms with Gasteiger partial charge in [-0.05, 0) is 68.1 Å². The Hall–Kier alpha value is -2.18. The minimum absolute atomic E-state index is 0.0766. The van der Waals surface area contributed by atoms with Gasteiger partial charge in [0.1, 0.15) is 0 Å². The first-order valence-corrected chi connectivity index (χ1v) is 9.45. The Bertz CT molecular complexity index is 876. The molecular weight excluding hydrogens is 324 g/mol. The number of carbonyl (C=O) groups is 1. The van der Waals surface area contributed by atoms with Crippen LogP contribution in [0.1, 0.15) is 34.3 Å². The monoisotopic (exact) mass is 344 g/mol. The van der Waals surface area contributed by atoms with Gasteiger partial charge in [-0.1, -0.05) is 18.2 Å². The normalized spacial score (nSPS) is 14.0. The SMILES string of the molecule is CNS(=O)(=O)c1cccc(C(=O)Nc2cccc3c2CCCC3)c1. The first-order valence-electron chi connectivity index (χ1n) is 7.97. The van der Waals surface area contributed by atoms with Crippen molar-refractivity contribution in [1.29, 1.82) is 0 Å². The molecule has 1 aliphatic rings. The second-order valence-corrected chi connectivity index (χ2v) is 7.73. The Morgan fingerprint density at radius 3 is 2.58 bits per heavy atom. The van der Waals surface area contributed by atoms with Crippen LogP contribution in [0.5, 0.6) is 0 Å². The number of carbonyl (C=O) groups excluding carboxylic acids is 1. The number of hydrogen-bond donors (Lipinski definition) is 2. The van der Waals surface area contributed by atoms with Crippen LogP contribution in [0.25, 0.3) is 0 Å². The van der Waals surface area contributed by atoms with Crippen molar-refractivity contribution in [2.75, 3.05) is 12.4 Å². The lowest BCUT2D eigenvalue weighted by atomic mass is 9.90. The number of nitrogens with one attached hydrogen (secondary N) is 2. The van der Waals surface area contributed by atoms with E-state index >= 15 is 0 Å². The minimum atomic E-state index is -3.57. The molecule has 2 N–H and O–H groups in total. The third-order valence-corrected chi connectivity index (χ3v) is 5.73. The maximum atomic E-state index is 12.5. The van der Waals surface area contributed by atoms with Crippen molar-refractivity contribution in [2.45, 2.75) is 30.6 Å². The highest BCUT2D eigenvalue weighted by Crippen LogP contribution is 2.28. The molecule has 24 heavy (non-hydrogen) atoms. The van der Waals surface area contributed by atoms with Crippen LogP contribution in [-0.2, 0) is 22.9 Å². The molecule has 0 saturated heterocycles. The highest BCUT2D eigenvalue weighted by Gasteiger charge is 2.17. The van der Waals surface area contributed by atoms with Gasteiger partial charge in [-0.15, -0.1) is 0 Å². The summed E-state index contributed by atoms with van der Waals surface area (Å²) < 4.78 is 26.0. The zero-order chi connectivity index (χ0) is 17.2. The average Bonchev–Trinajstić information content (AvgIpc) is 2.62. The van der Waals surface area contributed by atoms with Gasteiger partial charge in [0, 0.05) is 11.3 Å². The fraction of sp³-hybridized carbons (Fsp3) is 0.278. The number of benzene rings is 2. The third kappa shape index (κ3) is 3.34. The lowest BCUT2D eigenvalue weighted by molar-refractivity contribution is 0.102. The molecule has 0 aromatic heterocycles. The van der Waals surface area contributed by atoms with Gasteiger partial charge in [0.05, 0.1) is 4.90 Å². The van der Waals surface area contributed by atoms with Gasteiger partial charge in [-0.25, -0.2) is 13.1 Å². The van der Waals surface area contributed by atoms with E-state index in [9.17, 15) is 13.2 Å². The van der Waals surface area contributed by atoms with Crippen LogP contribution in [0.4, 0.5) is 5.69 Å². The lowest BCUT2D eigenvalue weighted by Gasteiger charge is -2.19. The Morgan fingerprint density at radius 2 is 1.79 bits per heavy atom. The van der Waals surface area contributed by atoms with E-state index in [4.69, 9.17) is 0 Å². The van der Waals surface area contributed by atoms with Crippen LogP contribution < -0.4 is 10.0 Å². The van der Waals surface area contributed by atoms with Crippen molar-refractivity contribution < 1.29 is 13.2 Å². The molecule has 0 heterocycles. The predicted octanol–water partition coefficient (Wildman–Crippen LogP) is 2.73. The van der Waals surface area contributed by atoms with Gasteiger partial charge in [-0.3, -0.25) is 4.79 Å². The molecule has 0 atom stereocenters. The molecule has 0 saturated carbocycles.